The lowest BCUT2D eigenvalue weighted by Gasteiger charge is -2.16. The third-order valence-corrected chi connectivity index (χ3v) is 3.94. The van der Waals surface area contributed by atoms with Gasteiger partial charge in [-0.15, -0.1) is 0 Å². The molecule has 2 amide bonds. The maximum atomic E-state index is 12.4. The minimum Gasteiger partial charge on any atom is -0.481 e. The highest BCUT2D eigenvalue weighted by Crippen LogP contribution is 2.16. The van der Waals surface area contributed by atoms with E-state index in [1.165, 1.54) is 7.11 Å². The lowest BCUT2D eigenvalue weighted by molar-refractivity contribution is -0.128. The van der Waals surface area contributed by atoms with E-state index in [1.54, 1.807) is 24.4 Å². The fourth-order valence-corrected chi connectivity index (χ4v) is 2.68. The van der Waals surface area contributed by atoms with Crippen LogP contribution in [-0.4, -0.2) is 35.4 Å². The SMILES string of the molecule is COc1ccc(NC(=O)c2cccc(CN3CCCC3=O)c2)cn1. The maximum absolute atomic E-state index is 12.4. The summed E-state index contributed by atoms with van der Waals surface area (Å²) in [6.07, 6.45) is 3.07. The highest BCUT2D eigenvalue weighted by molar-refractivity contribution is 6.04. The van der Waals surface area contributed by atoms with Crippen LogP contribution in [0.25, 0.3) is 0 Å². The fraction of sp³-hybridized carbons (Fsp3) is 0.278. The number of methoxy groups -OCH3 is 1. The average molecular weight is 325 g/mol. The Hall–Kier alpha value is -2.89. The Morgan fingerprint density at radius 3 is 2.88 bits per heavy atom. The summed E-state index contributed by atoms with van der Waals surface area (Å²) >= 11 is 0. The molecule has 0 radical (unpaired) electrons. The molecule has 1 aliphatic heterocycles. The van der Waals surface area contributed by atoms with E-state index in [1.807, 2.05) is 23.1 Å². The summed E-state index contributed by atoms with van der Waals surface area (Å²) in [5.41, 5.74) is 2.10. The molecule has 0 saturated carbocycles. The molecule has 1 aromatic carbocycles. The zero-order valence-corrected chi connectivity index (χ0v) is 13.5. The van der Waals surface area contributed by atoms with Crippen LogP contribution in [-0.2, 0) is 11.3 Å². The number of pyridine rings is 1. The number of amides is 2. The number of hydrogen-bond donors (Lipinski definition) is 1. The summed E-state index contributed by atoms with van der Waals surface area (Å²) in [5, 5.41) is 2.80. The molecule has 0 unspecified atom stereocenters. The van der Waals surface area contributed by atoms with Crippen molar-refractivity contribution in [3.63, 3.8) is 0 Å². The van der Waals surface area contributed by atoms with Crippen molar-refractivity contribution in [3.05, 3.63) is 53.7 Å². The Balaban J connectivity index is 1.68. The van der Waals surface area contributed by atoms with Gasteiger partial charge in [0.1, 0.15) is 0 Å². The number of anilines is 1. The molecular weight excluding hydrogens is 306 g/mol. The van der Waals surface area contributed by atoms with Gasteiger partial charge in [0.2, 0.25) is 11.8 Å². The standard InChI is InChI=1S/C18H19N3O3/c1-24-16-8-7-15(11-19-16)20-18(23)14-5-2-4-13(10-14)12-21-9-3-6-17(21)22/h2,4-5,7-8,10-11H,3,6,9,12H2,1H3,(H,20,23). The van der Waals surface area contributed by atoms with Gasteiger partial charge in [-0.3, -0.25) is 9.59 Å². The molecule has 1 fully saturated rings. The Morgan fingerprint density at radius 1 is 1.33 bits per heavy atom. The van der Waals surface area contributed by atoms with E-state index >= 15 is 0 Å². The summed E-state index contributed by atoms with van der Waals surface area (Å²) in [4.78, 5) is 30.0. The van der Waals surface area contributed by atoms with Gasteiger partial charge in [0.05, 0.1) is 19.0 Å². The molecule has 0 atom stereocenters. The number of nitrogens with one attached hydrogen (secondary N) is 1. The minimum absolute atomic E-state index is 0.175. The highest BCUT2D eigenvalue weighted by Gasteiger charge is 2.20. The van der Waals surface area contributed by atoms with Crippen LogP contribution < -0.4 is 10.1 Å². The summed E-state index contributed by atoms with van der Waals surface area (Å²) in [6, 6.07) is 10.7. The third-order valence-electron chi connectivity index (χ3n) is 3.94. The maximum Gasteiger partial charge on any atom is 0.255 e. The highest BCUT2D eigenvalue weighted by atomic mass is 16.5. The van der Waals surface area contributed by atoms with Gasteiger partial charge in [0.15, 0.2) is 0 Å². The number of benzene rings is 1. The van der Waals surface area contributed by atoms with Crippen LogP contribution in [0, 0.1) is 0 Å². The average Bonchev–Trinajstić information content (AvgIpc) is 3.00. The number of nitrogens with zero attached hydrogens (tertiary/aromatic N) is 2. The number of ether oxygens (including phenoxy) is 1. The van der Waals surface area contributed by atoms with Crippen molar-refractivity contribution >= 4 is 17.5 Å². The van der Waals surface area contributed by atoms with E-state index in [0.717, 1.165) is 18.5 Å². The lowest BCUT2D eigenvalue weighted by Crippen LogP contribution is -2.24. The van der Waals surface area contributed by atoms with Gasteiger partial charge in [0, 0.05) is 31.1 Å². The first-order chi connectivity index (χ1) is 11.7. The van der Waals surface area contributed by atoms with Gasteiger partial charge in [-0.05, 0) is 30.2 Å². The van der Waals surface area contributed by atoms with E-state index in [-0.39, 0.29) is 11.8 Å². The Bertz CT molecular complexity index is 743. The van der Waals surface area contributed by atoms with Crippen molar-refractivity contribution in [1.82, 2.24) is 9.88 Å². The molecule has 2 aromatic rings. The van der Waals surface area contributed by atoms with Crippen LogP contribution in [0.1, 0.15) is 28.8 Å². The zero-order valence-electron chi connectivity index (χ0n) is 13.5. The van der Waals surface area contributed by atoms with Crippen molar-refractivity contribution in [3.8, 4) is 5.88 Å². The second-order valence-electron chi connectivity index (χ2n) is 5.66. The van der Waals surface area contributed by atoms with Gasteiger partial charge in [0.25, 0.3) is 5.91 Å². The van der Waals surface area contributed by atoms with Gasteiger partial charge in [-0.25, -0.2) is 4.98 Å². The molecule has 124 valence electrons. The van der Waals surface area contributed by atoms with Crippen molar-refractivity contribution in [2.75, 3.05) is 19.0 Å². The second kappa shape index (κ2) is 7.12. The molecule has 1 aliphatic rings. The minimum atomic E-state index is -0.212. The van der Waals surface area contributed by atoms with E-state index in [9.17, 15) is 9.59 Å². The molecule has 24 heavy (non-hydrogen) atoms. The Kier molecular flexibility index (Phi) is 4.74. The van der Waals surface area contributed by atoms with E-state index in [2.05, 4.69) is 10.3 Å². The number of carbonyl (C=O) groups is 2. The predicted octanol–water partition coefficient (Wildman–Crippen LogP) is 2.46. The monoisotopic (exact) mass is 325 g/mol. The van der Waals surface area contributed by atoms with Gasteiger partial charge < -0.3 is 15.0 Å². The number of hydrogen-bond acceptors (Lipinski definition) is 4. The van der Waals surface area contributed by atoms with Crippen molar-refractivity contribution < 1.29 is 14.3 Å². The Morgan fingerprint density at radius 2 is 2.21 bits per heavy atom. The first kappa shape index (κ1) is 16.0. The second-order valence-corrected chi connectivity index (χ2v) is 5.66. The molecule has 1 saturated heterocycles. The molecule has 0 spiro atoms. The van der Waals surface area contributed by atoms with Gasteiger partial charge in [-0.2, -0.15) is 0 Å². The lowest BCUT2D eigenvalue weighted by atomic mass is 10.1. The summed E-state index contributed by atoms with van der Waals surface area (Å²) in [5.74, 6) is 0.455. The molecule has 0 aliphatic carbocycles. The molecular formula is C18H19N3O3. The number of carbonyl (C=O) groups excluding carboxylic acids is 2. The van der Waals surface area contributed by atoms with E-state index in [0.29, 0.717) is 30.1 Å². The Labute approximate surface area is 140 Å². The largest absolute Gasteiger partial charge is 0.481 e. The fourth-order valence-electron chi connectivity index (χ4n) is 2.68. The van der Waals surface area contributed by atoms with Gasteiger partial charge >= 0.3 is 0 Å². The van der Waals surface area contributed by atoms with Crippen molar-refractivity contribution in [2.24, 2.45) is 0 Å². The molecule has 0 bridgehead atoms. The summed E-state index contributed by atoms with van der Waals surface area (Å²) < 4.78 is 4.99. The van der Waals surface area contributed by atoms with Crippen LogP contribution in [0.15, 0.2) is 42.6 Å². The molecule has 6 nitrogen and oxygen atoms in total. The third kappa shape index (κ3) is 3.71. The molecule has 1 aromatic heterocycles. The quantitative estimate of drug-likeness (QED) is 0.916. The van der Waals surface area contributed by atoms with Gasteiger partial charge in [-0.1, -0.05) is 12.1 Å². The zero-order chi connectivity index (χ0) is 16.9. The van der Waals surface area contributed by atoms with Crippen molar-refractivity contribution in [1.29, 1.82) is 0 Å². The first-order valence-electron chi connectivity index (χ1n) is 7.84. The van der Waals surface area contributed by atoms with Crippen LogP contribution in [0.2, 0.25) is 0 Å². The smallest absolute Gasteiger partial charge is 0.255 e. The number of likely N-dealkylation sites (tertiary alicyclic amines) is 1. The first-order valence-corrected chi connectivity index (χ1v) is 7.84. The number of rotatable bonds is 5. The summed E-state index contributed by atoms with van der Waals surface area (Å²) in [7, 11) is 1.54. The molecule has 1 N–H and O–H groups in total. The summed E-state index contributed by atoms with van der Waals surface area (Å²) in [6.45, 7) is 1.33. The van der Waals surface area contributed by atoms with Crippen LogP contribution >= 0.6 is 0 Å². The topological polar surface area (TPSA) is 71.5 Å². The molecule has 3 rings (SSSR count). The van der Waals surface area contributed by atoms with Crippen LogP contribution in [0.5, 0.6) is 5.88 Å². The van der Waals surface area contributed by atoms with Crippen LogP contribution in [0.4, 0.5) is 5.69 Å². The van der Waals surface area contributed by atoms with E-state index < -0.39 is 0 Å². The molecule has 6 heteroatoms. The molecule has 2 heterocycles. The van der Waals surface area contributed by atoms with E-state index in [4.69, 9.17) is 4.74 Å². The normalized spacial score (nSPS) is 13.9. The van der Waals surface area contributed by atoms with Crippen LogP contribution in [0.3, 0.4) is 0 Å². The van der Waals surface area contributed by atoms with Crippen molar-refractivity contribution in [2.45, 2.75) is 19.4 Å². The predicted molar refractivity (Wildman–Crippen MR) is 89.8 cm³/mol. The number of aromatic nitrogens is 1.